The van der Waals surface area contributed by atoms with Gasteiger partial charge in [-0.15, -0.1) is 0 Å². The molecule has 17 heavy (non-hydrogen) atoms. The number of aryl methyl sites for hydroxylation is 1. The summed E-state index contributed by atoms with van der Waals surface area (Å²) in [5, 5.41) is 3.44. The summed E-state index contributed by atoms with van der Waals surface area (Å²) >= 11 is 0. The molecule has 0 aromatic heterocycles. The summed E-state index contributed by atoms with van der Waals surface area (Å²) in [5.41, 5.74) is 1.41. The van der Waals surface area contributed by atoms with Gasteiger partial charge in [0.1, 0.15) is 12.4 Å². The summed E-state index contributed by atoms with van der Waals surface area (Å²) < 4.78 is 5.79. The first-order valence-corrected chi connectivity index (χ1v) is 6.83. The summed E-state index contributed by atoms with van der Waals surface area (Å²) in [7, 11) is 0. The fourth-order valence-electron chi connectivity index (χ4n) is 2.23. The Hall–Kier alpha value is -1.02. The Morgan fingerprint density at radius 2 is 2.12 bits per heavy atom. The second-order valence-electron chi connectivity index (χ2n) is 4.85. The second-order valence-corrected chi connectivity index (χ2v) is 4.85. The molecule has 1 saturated heterocycles. The van der Waals surface area contributed by atoms with Crippen LogP contribution in [0.2, 0.25) is 0 Å². The van der Waals surface area contributed by atoms with Crippen molar-refractivity contribution in [1.29, 1.82) is 0 Å². The maximum atomic E-state index is 5.79. The van der Waals surface area contributed by atoms with Crippen molar-refractivity contribution in [2.75, 3.05) is 13.2 Å². The van der Waals surface area contributed by atoms with E-state index >= 15 is 0 Å². The van der Waals surface area contributed by atoms with E-state index in [1.807, 2.05) is 0 Å². The fourth-order valence-corrected chi connectivity index (χ4v) is 2.23. The van der Waals surface area contributed by atoms with Crippen molar-refractivity contribution in [2.45, 2.75) is 45.1 Å². The maximum absolute atomic E-state index is 5.79. The number of hydrogen-bond acceptors (Lipinski definition) is 2. The molecule has 1 heterocycles. The van der Waals surface area contributed by atoms with Crippen LogP contribution >= 0.6 is 0 Å². The quantitative estimate of drug-likeness (QED) is 0.815. The van der Waals surface area contributed by atoms with E-state index < -0.39 is 0 Å². The minimum absolute atomic E-state index is 0.551. The van der Waals surface area contributed by atoms with Gasteiger partial charge in [-0.25, -0.2) is 0 Å². The van der Waals surface area contributed by atoms with Crippen molar-refractivity contribution >= 4 is 0 Å². The lowest BCUT2D eigenvalue weighted by Crippen LogP contribution is -2.28. The standard InChI is InChI=1S/C15H23NO/c1-2-3-5-13-7-9-15(10-8-13)17-12-14-6-4-11-16-14/h7-10,14,16H,2-6,11-12H2,1H3/t14-/m0/s1. The molecule has 0 radical (unpaired) electrons. The third-order valence-electron chi connectivity index (χ3n) is 3.36. The first kappa shape index (κ1) is 12.4. The van der Waals surface area contributed by atoms with E-state index in [-0.39, 0.29) is 0 Å². The Labute approximate surface area is 104 Å². The minimum Gasteiger partial charge on any atom is -0.492 e. The molecule has 1 aromatic carbocycles. The summed E-state index contributed by atoms with van der Waals surface area (Å²) in [4.78, 5) is 0. The zero-order valence-electron chi connectivity index (χ0n) is 10.7. The first-order chi connectivity index (χ1) is 8.38. The molecular formula is C15H23NO. The number of ether oxygens (including phenoxy) is 1. The van der Waals surface area contributed by atoms with Crippen LogP contribution in [0.15, 0.2) is 24.3 Å². The fraction of sp³-hybridized carbons (Fsp3) is 0.600. The number of hydrogen-bond donors (Lipinski definition) is 1. The van der Waals surface area contributed by atoms with E-state index in [0.29, 0.717) is 6.04 Å². The van der Waals surface area contributed by atoms with Gasteiger partial charge in [0.15, 0.2) is 0 Å². The van der Waals surface area contributed by atoms with Crippen molar-refractivity contribution in [3.8, 4) is 5.75 Å². The third kappa shape index (κ3) is 4.04. The van der Waals surface area contributed by atoms with Gasteiger partial charge in [-0.3, -0.25) is 0 Å². The zero-order valence-corrected chi connectivity index (χ0v) is 10.7. The SMILES string of the molecule is CCCCc1ccc(OC[C@@H]2CCCN2)cc1. The van der Waals surface area contributed by atoms with Gasteiger partial charge in [0.05, 0.1) is 0 Å². The highest BCUT2D eigenvalue weighted by atomic mass is 16.5. The van der Waals surface area contributed by atoms with Crippen LogP contribution < -0.4 is 10.1 Å². The van der Waals surface area contributed by atoms with Crippen LogP contribution in [0.5, 0.6) is 5.75 Å². The van der Waals surface area contributed by atoms with Gasteiger partial charge in [0.2, 0.25) is 0 Å². The molecule has 0 bridgehead atoms. The molecule has 2 rings (SSSR count). The molecule has 2 heteroatoms. The molecule has 1 aliphatic heterocycles. The number of benzene rings is 1. The highest BCUT2D eigenvalue weighted by molar-refractivity contribution is 5.27. The lowest BCUT2D eigenvalue weighted by molar-refractivity contribution is 0.277. The van der Waals surface area contributed by atoms with E-state index in [0.717, 1.165) is 18.9 Å². The smallest absolute Gasteiger partial charge is 0.119 e. The first-order valence-electron chi connectivity index (χ1n) is 6.83. The average Bonchev–Trinajstić information content (AvgIpc) is 2.88. The maximum Gasteiger partial charge on any atom is 0.119 e. The van der Waals surface area contributed by atoms with E-state index in [4.69, 9.17) is 4.74 Å². The molecule has 94 valence electrons. The lowest BCUT2D eigenvalue weighted by Gasteiger charge is -2.12. The Balaban J connectivity index is 1.76. The summed E-state index contributed by atoms with van der Waals surface area (Å²) in [6.45, 7) is 4.17. The van der Waals surface area contributed by atoms with Gasteiger partial charge in [0, 0.05) is 6.04 Å². The van der Waals surface area contributed by atoms with Crippen molar-refractivity contribution in [2.24, 2.45) is 0 Å². The van der Waals surface area contributed by atoms with E-state index in [1.165, 1.54) is 37.7 Å². The largest absolute Gasteiger partial charge is 0.492 e. The normalized spacial score (nSPS) is 19.5. The van der Waals surface area contributed by atoms with Gasteiger partial charge in [0.25, 0.3) is 0 Å². The van der Waals surface area contributed by atoms with Gasteiger partial charge in [-0.2, -0.15) is 0 Å². The predicted molar refractivity (Wildman–Crippen MR) is 71.6 cm³/mol. The Kier molecular flexibility index (Phi) is 4.87. The summed E-state index contributed by atoms with van der Waals surface area (Å²) in [5.74, 6) is 0.999. The van der Waals surface area contributed by atoms with Crippen LogP contribution in [0.1, 0.15) is 38.2 Å². The Bertz CT molecular complexity index is 314. The summed E-state index contributed by atoms with van der Waals surface area (Å²) in [6.07, 6.45) is 6.23. The Morgan fingerprint density at radius 3 is 2.76 bits per heavy atom. The monoisotopic (exact) mass is 233 g/mol. The highest BCUT2D eigenvalue weighted by Crippen LogP contribution is 2.15. The molecular weight excluding hydrogens is 210 g/mol. The molecule has 0 aliphatic carbocycles. The van der Waals surface area contributed by atoms with Gasteiger partial charge >= 0.3 is 0 Å². The van der Waals surface area contributed by atoms with Crippen LogP contribution in [0.3, 0.4) is 0 Å². The summed E-state index contributed by atoms with van der Waals surface area (Å²) in [6, 6.07) is 9.12. The number of rotatable bonds is 6. The molecule has 1 aliphatic rings. The van der Waals surface area contributed by atoms with Crippen LogP contribution in [0.4, 0.5) is 0 Å². The third-order valence-corrected chi connectivity index (χ3v) is 3.36. The van der Waals surface area contributed by atoms with Gasteiger partial charge in [-0.05, 0) is 49.9 Å². The van der Waals surface area contributed by atoms with Crippen LogP contribution in [0, 0.1) is 0 Å². The Morgan fingerprint density at radius 1 is 1.29 bits per heavy atom. The van der Waals surface area contributed by atoms with Gasteiger partial charge in [-0.1, -0.05) is 25.5 Å². The average molecular weight is 233 g/mol. The van der Waals surface area contributed by atoms with Crippen LogP contribution in [-0.2, 0) is 6.42 Å². The van der Waals surface area contributed by atoms with Crippen molar-refractivity contribution in [1.82, 2.24) is 5.32 Å². The molecule has 0 unspecified atom stereocenters. The molecule has 0 spiro atoms. The highest BCUT2D eigenvalue weighted by Gasteiger charge is 2.14. The topological polar surface area (TPSA) is 21.3 Å². The van der Waals surface area contributed by atoms with Crippen molar-refractivity contribution < 1.29 is 4.74 Å². The van der Waals surface area contributed by atoms with Crippen molar-refractivity contribution in [3.63, 3.8) is 0 Å². The zero-order chi connectivity index (χ0) is 11.9. The molecule has 1 N–H and O–H groups in total. The van der Waals surface area contributed by atoms with Crippen LogP contribution in [-0.4, -0.2) is 19.2 Å². The van der Waals surface area contributed by atoms with Crippen molar-refractivity contribution in [3.05, 3.63) is 29.8 Å². The molecule has 0 amide bonds. The van der Waals surface area contributed by atoms with E-state index in [2.05, 4.69) is 36.5 Å². The van der Waals surface area contributed by atoms with E-state index in [1.54, 1.807) is 0 Å². The second kappa shape index (κ2) is 6.65. The number of nitrogens with one attached hydrogen (secondary N) is 1. The van der Waals surface area contributed by atoms with E-state index in [9.17, 15) is 0 Å². The molecule has 1 aromatic rings. The van der Waals surface area contributed by atoms with Crippen LogP contribution in [0.25, 0.3) is 0 Å². The molecule has 1 fully saturated rings. The molecule has 0 saturated carbocycles. The molecule has 2 nitrogen and oxygen atoms in total. The minimum atomic E-state index is 0.551. The lowest BCUT2D eigenvalue weighted by atomic mass is 10.1. The predicted octanol–water partition coefficient (Wildman–Crippen LogP) is 3.16. The van der Waals surface area contributed by atoms with Gasteiger partial charge < -0.3 is 10.1 Å². The number of unbranched alkanes of at least 4 members (excludes halogenated alkanes) is 1. The molecule has 1 atom stereocenters.